The van der Waals surface area contributed by atoms with Crippen LogP contribution in [0.1, 0.15) is 25.0 Å². The number of ether oxygens (including phenoxy) is 2. The molecule has 0 bridgehead atoms. The molecule has 0 spiro atoms. The van der Waals surface area contributed by atoms with Crippen LogP contribution in [0.5, 0.6) is 0 Å². The Hall–Kier alpha value is -0.860. The van der Waals surface area contributed by atoms with Gasteiger partial charge in [-0.2, -0.15) is 0 Å². The van der Waals surface area contributed by atoms with Gasteiger partial charge in [-0.05, 0) is 25.0 Å². The average molecular weight is 178 g/mol. The minimum Gasteiger partial charge on any atom is -0.351 e. The molecule has 1 aliphatic rings. The van der Waals surface area contributed by atoms with Crippen LogP contribution in [0.2, 0.25) is 0 Å². The molecule has 1 aromatic rings. The first kappa shape index (κ1) is 8.73. The first-order chi connectivity index (χ1) is 6.20. The summed E-state index contributed by atoms with van der Waals surface area (Å²) in [4.78, 5) is 0. The summed E-state index contributed by atoms with van der Waals surface area (Å²) in [6.07, 6.45) is 0. The fourth-order valence-corrected chi connectivity index (χ4v) is 1.65. The number of hydrogen-bond acceptors (Lipinski definition) is 2. The normalized spacial score (nSPS) is 20.5. The molecule has 2 rings (SSSR count). The first-order valence-electron chi connectivity index (χ1n) is 4.50. The highest BCUT2D eigenvalue weighted by Gasteiger charge is 2.26. The molecule has 1 aliphatic heterocycles. The lowest BCUT2D eigenvalue weighted by molar-refractivity contribution is -0.125. The van der Waals surface area contributed by atoms with Gasteiger partial charge in [-0.1, -0.05) is 24.3 Å². The molecule has 0 saturated heterocycles. The van der Waals surface area contributed by atoms with Crippen molar-refractivity contribution in [3.05, 3.63) is 35.4 Å². The predicted octanol–water partition coefficient (Wildman–Crippen LogP) is 2.43. The molecule has 0 aromatic heterocycles. The van der Waals surface area contributed by atoms with Crippen molar-refractivity contribution in [1.82, 2.24) is 0 Å². The summed E-state index contributed by atoms with van der Waals surface area (Å²) in [5.41, 5.74) is 2.23. The molecule has 0 fully saturated rings. The van der Waals surface area contributed by atoms with Crippen LogP contribution in [0.3, 0.4) is 0 Å². The zero-order valence-corrected chi connectivity index (χ0v) is 8.04. The van der Waals surface area contributed by atoms with Crippen LogP contribution in [0, 0.1) is 0 Å². The maximum Gasteiger partial charge on any atom is 0.148 e. The largest absolute Gasteiger partial charge is 0.351 e. The Labute approximate surface area is 78.5 Å². The molecule has 70 valence electrons. The number of fused-ring (bicyclic) bond motifs is 1. The lowest BCUT2D eigenvalue weighted by Gasteiger charge is -2.24. The van der Waals surface area contributed by atoms with E-state index in [2.05, 4.69) is 26.0 Å². The van der Waals surface area contributed by atoms with E-state index in [4.69, 9.17) is 9.47 Å². The van der Waals surface area contributed by atoms with E-state index >= 15 is 0 Å². The Morgan fingerprint density at radius 2 is 2.00 bits per heavy atom. The average Bonchev–Trinajstić information content (AvgIpc) is 2.26. The Morgan fingerprint density at radius 1 is 1.23 bits per heavy atom. The molecule has 0 aliphatic carbocycles. The van der Waals surface area contributed by atoms with Crippen LogP contribution < -0.4 is 0 Å². The van der Waals surface area contributed by atoms with E-state index in [-0.39, 0.29) is 5.60 Å². The molecule has 1 heterocycles. The van der Waals surface area contributed by atoms with Crippen molar-refractivity contribution >= 4 is 0 Å². The quantitative estimate of drug-likeness (QED) is 0.607. The number of benzene rings is 1. The standard InChI is InChI=1S/C11H14O2/c1-11(2)10-6-4-3-5-9(10)7-12-8-13-11/h3-6H,7-8H2,1-2H3. The maximum atomic E-state index is 5.59. The predicted molar refractivity (Wildman–Crippen MR) is 50.2 cm³/mol. The summed E-state index contributed by atoms with van der Waals surface area (Å²) in [5.74, 6) is 0. The van der Waals surface area contributed by atoms with E-state index in [1.807, 2.05) is 12.1 Å². The summed E-state index contributed by atoms with van der Waals surface area (Å²) >= 11 is 0. The second kappa shape index (κ2) is 3.13. The Bertz CT molecular complexity index is 305. The maximum absolute atomic E-state index is 5.59. The molecule has 0 radical (unpaired) electrons. The summed E-state index contributed by atoms with van der Waals surface area (Å²) in [5, 5.41) is 0. The zero-order valence-electron chi connectivity index (χ0n) is 8.04. The SMILES string of the molecule is CC1(C)OCOCc2ccccc21. The van der Waals surface area contributed by atoms with Crippen molar-refractivity contribution < 1.29 is 9.47 Å². The fraction of sp³-hybridized carbons (Fsp3) is 0.455. The van der Waals surface area contributed by atoms with Crippen molar-refractivity contribution in [3.63, 3.8) is 0 Å². The minimum absolute atomic E-state index is 0.229. The van der Waals surface area contributed by atoms with Crippen LogP contribution in [0.4, 0.5) is 0 Å². The highest BCUT2D eigenvalue weighted by molar-refractivity contribution is 5.31. The van der Waals surface area contributed by atoms with Gasteiger partial charge in [-0.3, -0.25) is 0 Å². The van der Waals surface area contributed by atoms with Crippen LogP contribution in [-0.4, -0.2) is 6.79 Å². The summed E-state index contributed by atoms with van der Waals surface area (Å²) in [6.45, 7) is 5.17. The molecular formula is C11H14O2. The van der Waals surface area contributed by atoms with Gasteiger partial charge in [0, 0.05) is 0 Å². The Morgan fingerprint density at radius 3 is 2.85 bits per heavy atom. The molecule has 2 heteroatoms. The van der Waals surface area contributed by atoms with Gasteiger partial charge in [0.1, 0.15) is 6.79 Å². The minimum atomic E-state index is -0.229. The molecule has 0 N–H and O–H groups in total. The smallest absolute Gasteiger partial charge is 0.148 e. The summed E-state index contributed by atoms with van der Waals surface area (Å²) in [6, 6.07) is 8.26. The van der Waals surface area contributed by atoms with Crippen molar-refractivity contribution in [1.29, 1.82) is 0 Å². The highest BCUT2D eigenvalue weighted by atomic mass is 16.7. The molecule has 0 amide bonds. The lowest BCUT2D eigenvalue weighted by Crippen LogP contribution is -2.21. The summed E-state index contributed by atoms with van der Waals surface area (Å²) in [7, 11) is 0. The van der Waals surface area contributed by atoms with Crippen molar-refractivity contribution in [2.75, 3.05) is 6.79 Å². The molecule has 13 heavy (non-hydrogen) atoms. The monoisotopic (exact) mass is 178 g/mol. The lowest BCUT2D eigenvalue weighted by atomic mass is 9.93. The van der Waals surface area contributed by atoms with E-state index in [0.29, 0.717) is 13.4 Å². The third kappa shape index (κ3) is 1.60. The van der Waals surface area contributed by atoms with Gasteiger partial charge in [0.25, 0.3) is 0 Å². The van der Waals surface area contributed by atoms with Gasteiger partial charge < -0.3 is 9.47 Å². The number of hydrogen-bond donors (Lipinski definition) is 0. The Balaban J connectivity index is 2.48. The van der Waals surface area contributed by atoms with Gasteiger partial charge in [-0.25, -0.2) is 0 Å². The Kier molecular flexibility index (Phi) is 2.10. The van der Waals surface area contributed by atoms with E-state index in [1.54, 1.807) is 0 Å². The van der Waals surface area contributed by atoms with Crippen LogP contribution in [0.25, 0.3) is 0 Å². The van der Waals surface area contributed by atoms with Gasteiger partial charge in [-0.15, -0.1) is 0 Å². The van der Waals surface area contributed by atoms with Gasteiger partial charge >= 0.3 is 0 Å². The van der Waals surface area contributed by atoms with E-state index in [9.17, 15) is 0 Å². The van der Waals surface area contributed by atoms with Crippen LogP contribution in [0.15, 0.2) is 24.3 Å². The molecular weight excluding hydrogens is 164 g/mol. The van der Waals surface area contributed by atoms with Gasteiger partial charge in [0.15, 0.2) is 0 Å². The number of rotatable bonds is 0. The zero-order chi connectivity index (χ0) is 9.31. The third-order valence-electron chi connectivity index (χ3n) is 2.43. The second-order valence-electron chi connectivity index (χ2n) is 3.78. The molecule has 0 unspecified atom stereocenters. The fourth-order valence-electron chi connectivity index (χ4n) is 1.65. The molecule has 0 saturated carbocycles. The molecule has 0 atom stereocenters. The second-order valence-corrected chi connectivity index (χ2v) is 3.78. The summed E-state index contributed by atoms with van der Waals surface area (Å²) < 4.78 is 10.9. The molecule has 1 aromatic carbocycles. The van der Waals surface area contributed by atoms with Crippen molar-refractivity contribution in [3.8, 4) is 0 Å². The van der Waals surface area contributed by atoms with E-state index in [1.165, 1.54) is 11.1 Å². The topological polar surface area (TPSA) is 18.5 Å². The van der Waals surface area contributed by atoms with Crippen LogP contribution in [-0.2, 0) is 21.7 Å². The van der Waals surface area contributed by atoms with Crippen LogP contribution >= 0.6 is 0 Å². The first-order valence-corrected chi connectivity index (χ1v) is 4.50. The van der Waals surface area contributed by atoms with E-state index in [0.717, 1.165) is 0 Å². The highest BCUT2D eigenvalue weighted by Crippen LogP contribution is 2.30. The van der Waals surface area contributed by atoms with E-state index < -0.39 is 0 Å². The van der Waals surface area contributed by atoms with Crippen molar-refractivity contribution in [2.45, 2.75) is 26.1 Å². The third-order valence-corrected chi connectivity index (χ3v) is 2.43. The molecule has 2 nitrogen and oxygen atoms in total. The van der Waals surface area contributed by atoms with Gasteiger partial charge in [0.05, 0.1) is 12.2 Å². The van der Waals surface area contributed by atoms with Gasteiger partial charge in [0.2, 0.25) is 0 Å². The van der Waals surface area contributed by atoms with Crippen molar-refractivity contribution in [2.24, 2.45) is 0 Å².